The van der Waals surface area contributed by atoms with Gasteiger partial charge in [0.15, 0.2) is 0 Å². The Balaban J connectivity index is 1.23. The number of benzene rings is 1. The third kappa shape index (κ3) is 4.52. The van der Waals surface area contributed by atoms with E-state index in [1.54, 1.807) is 7.11 Å². The summed E-state index contributed by atoms with van der Waals surface area (Å²) in [5, 5.41) is 6.99. The van der Waals surface area contributed by atoms with Crippen LogP contribution in [0.3, 0.4) is 0 Å². The second-order valence-corrected chi connectivity index (χ2v) is 9.59. The summed E-state index contributed by atoms with van der Waals surface area (Å²) in [7, 11) is 1.79. The molecule has 6 heteroatoms. The van der Waals surface area contributed by atoms with E-state index in [0.29, 0.717) is 17.8 Å². The highest BCUT2D eigenvalue weighted by Crippen LogP contribution is 2.39. The Morgan fingerprint density at radius 2 is 1.81 bits per heavy atom. The number of pyridine rings is 1. The third-order valence-corrected chi connectivity index (χ3v) is 7.67. The summed E-state index contributed by atoms with van der Waals surface area (Å²) in [6, 6.07) is 14.5. The van der Waals surface area contributed by atoms with Crippen molar-refractivity contribution in [3.63, 3.8) is 0 Å². The van der Waals surface area contributed by atoms with Crippen LogP contribution in [0.4, 0.5) is 5.82 Å². The summed E-state index contributed by atoms with van der Waals surface area (Å²) in [5.41, 5.74) is 2.18. The first-order chi connectivity index (χ1) is 15.7. The lowest BCUT2D eigenvalue weighted by atomic mass is 9.77. The SMILES string of the molecule is CO[C@@H]1C[C@H]2CN(C(=O)c3ccc(C4CCNCC4)cc3)C[C@H]2C[C@H]1Nc1ccccn1. The quantitative estimate of drug-likeness (QED) is 0.754. The summed E-state index contributed by atoms with van der Waals surface area (Å²) in [4.78, 5) is 19.7. The molecule has 1 aromatic heterocycles. The lowest BCUT2D eigenvalue weighted by molar-refractivity contribution is 0.0304. The molecule has 6 nitrogen and oxygen atoms in total. The zero-order valence-corrected chi connectivity index (χ0v) is 18.9. The second kappa shape index (κ2) is 9.59. The molecule has 5 rings (SSSR count). The number of nitrogens with zero attached hydrogens (tertiary/aromatic N) is 2. The Morgan fingerprint density at radius 3 is 2.50 bits per heavy atom. The van der Waals surface area contributed by atoms with Crippen molar-refractivity contribution >= 4 is 11.7 Å². The third-order valence-electron chi connectivity index (χ3n) is 7.67. The molecule has 0 spiro atoms. The van der Waals surface area contributed by atoms with Gasteiger partial charge in [0.2, 0.25) is 0 Å². The Hall–Kier alpha value is -2.44. The van der Waals surface area contributed by atoms with E-state index in [1.165, 1.54) is 18.4 Å². The first-order valence-electron chi connectivity index (χ1n) is 12.0. The standard InChI is InChI=1S/C26H34N4O2/c1-32-24-15-22-17-30(16-21(22)14-23(24)29-25-4-2-3-11-28-25)26(31)20-7-5-18(6-8-20)19-9-12-27-13-10-19/h2-8,11,19,21-24,27H,9-10,12-17H2,1H3,(H,28,29)/t21-,22+,23-,24-/m1/s1. The highest BCUT2D eigenvalue weighted by atomic mass is 16.5. The number of carbonyl (C=O) groups is 1. The molecule has 2 aromatic rings. The van der Waals surface area contributed by atoms with Crippen LogP contribution in [0, 0.1) is 11.8 Å². The molecule has 32 heavy (non-hydrogen) atoms. The van der Waals surface area contributed by atoms with Crippen molar-refractivity contribution in [3.05, 3.63) is 59.8 Å². The van der Waals surface area contributed by atoms with Gasteiger partial charge in [-0.3, -0.25) is 4.79 Å². The van der Waals surface area contributed by atoms with E-state index < -0.39 is 0 Å². The average Bonchev–Trinajstić information content (AvgIpc) is 3.27. The van der Waals surface area contributed by atoms with Crippen LogP contribution in [0.5, 0.6) is 0 Å². The number of hydrogen-bond donors (Lipinski definition) is 2. The van der Waals surface area contributed by atoms with Crippen LogP contribution in [0.15, 0.2) is 48.7 Å². The van der Waals surface area contributed by atoms with Crippen molar-refractivity contribution in [1.29, 1.82) is 0 Å². The predicted octanol–water partition coefficient (Wildman–Crippen LogP) is 3.53. The van der Waals surface area contributed by atoms with Gasteiger partial charge in [-0.2, -0.15) is 0 Å². The van der Waals surface area contributed by atoms with E-state index in [4.69, 9.17) is 4.74 Å². The fourth-order valence-corrected chi connectivity index (χ4v) is 5.87. The molecule has 3 fully saturated rings. The van der Waals surface area contributed by atoms with Crippen LogP contribution >= 0.6 is 0 Å². The predicted molar refractivity (Wildman–Crippen MR) is 126 cm³/mol. The average molecular weight is 435 g/mol. The van der Waals surface area contributed by atoms with E-state index in [-0.39, 0.29) is 18.1 Å². The minimum atomic E-state index is 0.137. The first kappa shape index (κ1) is 21.4. The van der Waals surface area contributed by atoms with Gasteiger partial charge in [0, 0.05) is 32.0 Å². The van der Waals surface area contributed by atoms with Gasteiger partial charge >= 0.3 is 0 Å². The molecular formula is C26H34N4O2. The monoisotopic (exact) mass is 434 g/mol. The number of likely N-dealkylation sites (tertiary alicyclic amines) is 1. The summed E-state index contributed by atoms with van der Waals surface area (Å²) >= 11 is 0. The van der Waals surface area contributed by atoms with Crippen molar-refractivity contribution in [1.82, 2.24) is 15.2 Å². The number of aromatic nitrogens is 1. The van der Waals surface area contributed by atoms with E-state index >= 15 is 0 Å². The topological polar surface area (TPSA) is 66.5 Å². The Kier molecular flexibility index (Phi) is 6.42. The molecule has 2 saturated heterocycles. The fourth-order valence-electron chi connectivity index (χ4n) is 5.87. The van der Waals surface area contributed by atoms with Gasteiger partial charge in [-0.15, -0.1) is 0 Å². The second-order valence-electron chi connectivity index (χ2n) is 9.59. The van der Waals surface area contributed by atoms with Crippen LogP contribution in [0.1, 0.15) is 47.5 Å². The molecule has 0 bridgehead atoms. The molecule has 3 aliphatic rings. The lowest BCUT2D eigenvalue weighted by Gasteiger charge is -2.37. The molecule has 4 atom stereocenters. The Bertz CT molecular complexity index is 898. The number of ether oxygens (including phenoxy) is 1. The molecule has 3 heterocycles. The minimum absolute atomic E-state index is 0.137. The van der Waals surface area contributed by atoms with E-state index in [2.05, 4.69) is 32.7 Å². The molecular weight excluding hydrogens is 400 g/mol. The minimum Gasteiger partial charge on any atom is -0.379 e. The van der Waals surface area contributed by atoms with Crippen molar-refractivity contribution in [2.75, 3.05) is 38.6 Å². The summed E-state index contributed by atoms with van der Waals surface area (Å²) in [6.45, 7) is 3.83. The normalized spacial score (nSPS) is 28.3. The van der Waals surface area contributed by atoms with Gasteiger partial charge in [-0.1, -0.05) is 18.2 Å². The van der Waals surface area contributed by atoms with Crippen LogP contribution in [0.25, 0.3) is 0 Å². The maximum atomic E-state index is 13.3. The van der Waals surface area contributed by atoms with E-state index in [9.17, 15) is 4.79 Å². The summed E-state index contributed by atoms with van der Waals surface area (Å²) in [5.74, 6) is 2.67. The summed E-state index contributed by atoms with van der Waals surface area (Å²) < 4.78 is 5.84. The number of methoxy groups -OCH3 is 1. The molecule has 0 unspecified atom stereocenters. The maximum Gasteiger partial charge on any atom is 0.253 e. The lowest BCUT2D eigenvalue weighted by Crippen LogP contribution is -2.44. The number of hydrogen-bond acceptors (Lipinski definition) is 5. The largest absolute Gasteiger partial charge is 0.379 e. The molecule has 1 aliphatic carbocycles. The number of piperidine rings is 1. The van der Waals surface area contributed by atoms with Crippen LogP contribution in [-0.2, 0) is 4.74 Å². The van der Waals surface area contributed by atoms with Gasteiger partial charge in [-0.25, -0.2) is 4.98 Å². The van der Waals surface area contributed by atoms with Crippen molar-refractivity contribution in [2.45, 2.75) is 43.7 Å². The van der Waals surface area contributed by atoms with Gasteiger partial charge in [0.1, 0.15) is 5.82 Å². The van der Waals surface area contributed by atoms with Crippen molar-refractivity contribution in [2.24, 2.45) is 11.8 Å². The molecule has 1 amide bonds. The first-order valence-corrected chi connectivity index (χ1v) is 12.0. The zero-order valence-electron chi connectivity index (χ0n) is 18.9. The smallest absolute Gasteiger partial charge is 0.253 e. The summed E-state index contributed by atoms with van der Waals surface area (Å²) in [6.07, 6.45) is 6.27. The van der Waals surface area contributed by atoms with E-state index in [1.807, 2.05) is 36.5 Å². The maximum absolute atomic E-state index is 13.3. The van der Waals surface area contributed by atoms with Crippen molar-refractivity contribution < 1.29 is 9.53 Å². The molecule has 2 aliphatic heterocycles. The van der Waals surface area contributed by atoms with E-state index in [0.717, 1.165) is 50.4 Å². The molecule has 1 saturated carbocycles. The highest BCUT2D eigenvalue weighted by Gasteiger charge is 2.43. The van der Waals surface area contributed by atoms with Crippen LogP contribution in [-0.4, -0.2) is 61.2 Å². The van der Waals surface area contributed by atoms with Gasteiger partial charge in [0.05, 0.1) is 12.1 Å². The van der Waals surface area contributed by atoms with Gasteiger partial charge < -0.3 is 20.3 Å². The Morgan fingerprint density at radius 1 is 1.06 bits per heavy atom. The number of rotatable bonds is 5. The van der Waals surface area contributed by atoms with Crippen LogP contribution in [0.2, 0.25) is 0 Å². The fraction of sp³-hybridized carbons (Fsp3) is 0.538. The number of fused-ring (bicyclic) bond motifs is 1. The molecule has 170 valence electrons. The van der Waals surface area contributed by atoms with Crippen LogP contribution < -0.4 is 10.6 Å². The number of amides is 1. The zero-order chi connectivity index (χ0) is 21.9. The van der Waals surface area contributed by atoms with Gasteiger partial charge in [0.25, 0.3) is 5.91 Å². The van der Waals surface area contributed by atoms with Crippen molar-refractivity contribution in [3.8, 4) is 0 Å². The number of anilines is 1. The Labute approximate surface area is 190 Å². The highest BCUT2D eigenvalue weighted by molar-refractivity contribution is 5.94. The molecule has 2 N–H and O–H groups in total. The molecule has 1 aromatic carbocycles. The van der Waals surface area contributed by atoms with Gasteiger partial charge in [-0.05, 0) is 86.4 Å². The molecule has 0 radical (unpaired) electrons. The number of carbonyl (C=O) groups excluding carboxylic acids is 1. The number of nitrogens with one attached hydrogen (secondary N) is 2.